The summed E-state index contributed by atoms with van der Waals surface area (Å²) in [5.41, 5.74) is 18.3. The smallest absolute Gasteiger partial charge is 0.165 e. The van der Waals surface area contributed by atoms with Crippen LogP contribution in [0.4, 0.5) is 5.69 Å². The van der Waals surface area contributed by atoms with E-state index in [-0.39, 0.29) is 11.6 Å². The molecule has 0 saturated carbocycles. The zero-order chi connectivity index (χ0) is 50.3. The number of aromatic nitrogens is 6. The standard InChI is InChI=1S/C69H49N7/c1-69-38-37-50(48-30-35-64-58(41-48)56-24-12-14-26-62(56)75(64)53-21-9-4-10-22-53)43-60(69)59-42-49(47-29-34-63-57(40-47)55-23-11-13-25-61(55)74(63)52-19-7-3-8-20-52)31-36-65(59)76(69)54-32-27-46(28-33-54)67-71-66(45-16-5-2-6-17-45)72-68(73-67)51-18-15-39-70-44-51/h2-32,34-37,39-44,54H,33,38H2,1H3. The quantitative estimate of drug-likeness (QED) is 0.152. The molecule has 12 aromatic rings. The number of benzene rings is 8. The summed E-state index contributed by atoms with van der Waals surface area (Å²) >= 11 is 0. The highest BCUT2D eigenvalue weighted by atomic mass is 15.3. The van der Waals surface area contributed by atoms with Crippen molar-refractivity contribution in [2.24, 2.45) is 0 Å². The lowest BCUT2D eigenvalue weighted by Gasteiger charge is -2.44. The Morgan fingerprint density at radius 2 is 1.01 bits per heavy atom. The molecule has 0 fully saturated rings. The van der Waals surface area contributed by atoms with Crippen LogP contribution in [0, 0.1) is 0 Å². The van der Waals surface area contributed by atoms with E-state index in [2.05, 4.69) is 220 Å². The normalized spacial score (nSPS) is 17.0. The molecular formula is C69H49N7. The number of hydrogen-bond acceptors (Lipinski definition) is 5. The number of fused-ring (bicyclic) bond motifs is 9. The second-order valence-electron chi connectivity index (χ2n) is 20.4. The molecular weight excluding hydrogens is 927 g/mol. The molecule has 76 heavy (non-hydrogen) atoms. The summed E-state index contributed by atoms with van der Waals surface area (Å²) in [4.78, 5) is 22.1. The zero-order valence-corrected chi connectivity index (χ0v) is 41.8. The van der Waals surface area contributed by atoms with Crippen molar-refractivity contribution in [2.75, 3.05) is 4.90 Å². The lowest BCUT2D eigenvalue weighted by Crippen LogP contribution is -2.49. The summed E-state index contributed by atoms with van der Waals surface area (Å²) in [7, 11) is 0. The monoisotopic (exact) mass is 975 g/mol. The van der Waals surface area contributed by atoms with Gasteiger partial charge in [-0.3, -0.25) is 4.98 Å². The van der Waals surface area contributed by atoms with Gasteiger partial charge in [0.25, 0.3) is 0 Å². The van der Waals surface area contributed by atoms with E-state index < -0.39 is 0 Å². The van der Waals surface area contributed by atoms with Gasteiger partial charge in [-0.25, -0.2) is 15.0 Å². The van der Waals surface area contributed by atoms with Crippen LogP contribution in [0.15, 0.2) is 249 Å². The minimum atomic E-state index is -0.327. The first-order chi connectivity index (χ1) is 37.5. The number of anilines is 1. The molecule has 8 aromatic carbocycles. The molecule has 3 aliphatic rings. The topological polar surface area (TPSA) is 64.7 Å². The first kappa shape index (κ1) is 43.8. The molecule has 5 heterocycles. The van der Waals surface area contributed by atoms with Gasteiger partial charge < -0.3 is 14.0 Å². The first-order valence-corrected chi connectivity index (χ1v) is 26.2. The van der Waals surface area contributed by atoms with Gasteiger partial charge in [0.05, 0.1) is 33.6 Å². The number of nitrogens with zero attached hydrogens (tertiary/aromatic N) is 7. The third-order valence-corrected chi connectivity index (χ3v) is 16.0. The molecule has 0 spiro atoms. The average molecular weight is 976 g/mol. The summed E-state index contributed by atoms with van der Waals surface area (Å²) in [6.45, 7) is 2.44. The molecule has 1 aliphatic heterocycles. The van der Waals surface area contributed by atoms with Crippen molar-refractivity contribution in [3.8, 4) is 45.3 Å². The maximum atomic E-state index is 5.08. The number of allylic oxidation sites excluding steroid dienone is 4. The van der Waals surface area contributed by atoms with Crippen LogP contribution in [0.3, 0.4) is 0 Å². The van der Waals surface area contributed by atoms with Gasteiger partial charge in [-0.2, -0.15) is 0 Å². The van der Waals surface area contributed by atoms with Gasteiger partial charge in [0.2, 0.25) is 0 Å². The fourth-order valence-electron chi connectivity index (χ4n) is 12.4. The Labute approximate surface area is 440 Å². The van der Waals surface area contributed by atoms with Crippen LogP contribution in [0.2, 0.25) is 0 Å². The molecule has 0 radical (unpaired) electrons. The van der Waals surface area contributed by atoms with Crippen molar-refractivity contribution >= 4 is 66.0 Å². The van der Waals surface area contributed by atoms with Gasteiger partial charge in [0, 0.05) is 73.3 Å². The van der Waals surface area contributed by atoms with E-state index in [9.17, 15) is 0 Å². The van der Waals surface area contributed by atoms with E-state index in [4.69, 9.17) is 15.0 Å². The second-order valence-corrected chi connectivity index (χ2v) is 20.4. The van der Waals surface area contributed by atoms with Crippen molar-refractivity contribution in [1.29, 1.82) is 0 Å². The summed E-state index contributed by atoms with van der Waals surface area (Å²) < 4.78 is 4.78. The van der Waals surface area contributed by atoms with E-state index in [0.717, 1.165) is 40.9 Å². The number of rotatable bonds is 8. The van der Waals surface area contributed by atoms with Crippen LogP contribution in [-0.4, -0.2) is 40.7 Å². The third-order valence-electron chi connectivity index (χ3n) is 16.0. The maximum Gasteiger partial charge on any atom is 0.165 e. The van der Waals surface area contributed by atoms with Gasteiger partial charge in [0.1, 0.15) is 0 Å². The summed E-state index contributed by atoms with van der Waals surface area (Å²) in [5.74, 6) is 1.89. The van der Waals surface area contributed by atoms with Crippen molar-refractivity contribution in [3.05, 3.63) is 266 Å². The van der Waals surface area contributed by atoms with Gasteiger partial charge >= 0.3 is 0 Å². The Hall–Kier alpha value is -9.72. The molecule has 0 bridgehead atoms. The van der Waals surface area contributed by atoms with Crippen molar-refractivity contribution in [1.82, 2.24) is 29.1 Å². The van der Waals surface area contributed by atoms with E-state index in [0.29, 0.717) is 17.5 Å². The highest BCUT2D eigenvalue weighted by molar-refractivity contribution is 6.12. The minimum absolute atomic E-state index is 0.0772. The predicted octanol–water partition coefficient (Wildman–Crippen LogP) is 16.3. The molecule has 2 atom stereocenters. The minimum Gasteiger partial charge on any atom is -0.354 e. The summed E-state index contributed by atoms with van der Waals surface area (Å²) in [6.07, 6.45) is 17.1. The lowest BCUT2D eigenvalue weighted by atomic mass is 9.79. The molecule has 2 aliphatic carbocycles. The molecule has 0 N–H and O–H groups in total. The van der Waals surface area contributed by atoms with Crippen molar-refractivity contribution < 1.29 is 0 Å². The number of pyridine rings is 1. The van der Waals surface area contributed by atoms with Crippen LogP contribution < -0.4 is 4.90 Å². The Bertz CT molecular complexity index is 4360. The lowest BCUT2D eigenvalue weighted by molar-refractivity contribution is 0.509. The van der Waals surface area contributed by atoms with Crippen LogP contribution in [-0.2, 0) is 0 Å². The number of para-hydroxylation sites is 4. The van der Waals surface area contributed by atoms with E-state index in [1.54, 1.807) is 6.20 Å². The predicted molar refractivity (Wildman–Crippen MR) is 312 cm³/mol. The largest absolute Gasteiger partial charge is 0.354 e. The molecule has 4 aromatic heterocycles. The summed E-state index contributed by atoms with van der Waals surface area (Å²) in [6, 6.07) is 74.3. The summed E-state index contributed by atoms with van der Waals surface area (Å²) in [5, 5.41) is 4.99. The fourth-order valence-corrected chi connectivity index (χ4v) is 12.4. The first-order valence-electron chi connectivity index (χ1n) is 26.2. The Morgan fingerprint density at radius 3 is 1.66 bits per heavy atom. The highest BCUT2D eigenvalue weighted by Gasteiger charge is 2.47. The van der Waals surface area contributed by atoms with Crippen LogP contribution in [0.5, 0.6) is 0 Å². The van der Waals surface area contributed by atoms with Gasteiger partial charge in [-0.05, 0) is 139 Å². The molecule has 7 heteroatoms. The molecule has 2 unspecified atom stereocenters. The molecule has 360 valence electrons. The fraction of sp³-hybridized carbons (Fsp3) is 0.0725. The Morgan fingerprint density at radius 1 is 0.461 bits per heavy atom. The van der Waals surface area contributed by atoms with E-state index in [1.807, 2.05) is 48.7 Å². The van der Waals surface area contributed by atoms with E-state index >= 15 is 0 Å². The number of hydrogen-bond donors (Lipinski definition) is 0. The van der Waals surface area contributed by atoms with Crippen LogP contribution in [0.1, 0.15) is 36.7 Å². The van der Waals surface area contributed by atoms with Crippen LogP contribution in [0.25, 0.3) is 106 Å². The van der Waals surface area contributed by atoms with Crippen LogP contribution >= 0.6 is 0 Å². The maximum absolute atomic E-state index is 5.08. The van der Waals surface area contributed by atoms with Gasteiger partial charge in [-0.1, -0.05) is 146 Å². The highest BCUT2D eigenvalue weighted by Crippen LogP contribution is 2.55. The molecule has 7 nitrogen and oxygen atoms in total. The molecule has 15 rings (SSSR count). The molecule has 0 amide bonds. The third kappa shape index (κ3) is 7.04. The second kappa shape index (κ2) is 17.5. The SMILES string of the molecule is CC12CC=C(c3ccc4c(c3)c3ccccc3n4-c3ccccc3)C=C1c1cc(-c3ccc4c(c3)c3ccccc3n4-c3ccccc3)ccc1N2C1C=CC(c2nc(-c3ccccc3)nc(-c3cccnc3)n2)=CC1. The van der Waals surface area contributed by atoms with Gasteiger partial charge in [0.15, 0.2) is 17.5 Å². The zero-order valence-electron chi connectivity index (χ0n) is 41.8. The van der Waals surface area contributed by atoms with E-state index in [1.165, 1.54) is 82.7 Å². The average Bonchev–Trinajstić information content (AvgIpc) is 4.11. The van der Waals surface area contributed by atoms with Crippen molar-refractivity contribution in [3.63, 3.8) is 0 Å². The van der Waals surface area contributed by atoms with Gasteiger partial charge in [-0.15, -0.1) is 0 Å². The molecule has 0 saturated heterocycles. The Balaban J connectivity index is 0.843. The van der Waals surface area contributed by atoms with Crippen molar-refractivity contribution in [2.45, 2.75) is 31.3 Å². The Kier molecular flexibility index (Phi) is 10.1.